The fraction of sp³-hybridized carbons (Fsp3) is 0.333. The monoisotopic (exact) mass is 369 g/mol. The van der Waals surface area contributed by atoms with Crippen molar-refractivity contribution in [3.63, 3.8) is 0 Å². The summed E-state index contributed by atoms with van der Waals surface area (Å²) in [6.07, 6.45) is 0.222. The van der Waals surface area contributed by atoms with Crippen molar-refractivity contribution in [1.29, 1.82) is 0 Å². The van der Waals surface area contributed by atoms with Gasteiger partial charge >= 0.3 is 5.97 Å². The second-order valence-corrected chi connectivity index (χ2v) is 6.75. The summed E-state index contributed by atoms with van der Waals surface area (Å²) < 4.78 is 16.0. The van der Waals surface area contributed by atoms with Gasteiger partial charge in [0.25, 0.3) is 0 Å². The number of amides is 1. The van der Waals surface area contributed by atoms with Crippen LogP contribution in [0.1, 0.15) is 25.0 Å². The van der Waals surface area contributed by atoms with E-state index in [0.717, 1.165) is 11.1 Å². The zero-order chi connectivity index (χ0) is 19.2. The SMILES string of the molecule is CC(C)[C@H](NC(=O)Cc1ccccc1)C(=O)OCc1ccc2c(c1)OCO2. The van der Waals surface area contributed by atoms with Gasteiger partial charge in [0.2, 0.25) is 12.7 Å². The van der Waals surface area contributed by atoms with Crippen LogP contribution in [0.15, 0.2) is 48.5 Å². The van der Waals surface area contributed by atoms with Crippen molar-refractivity contribution >= 4 is 11.9 Å². The van der Waals surface area contributed by atoms with E-state index in [1.54, 1.807) is 12.1 Å². The summed E-state index contributed by atoms with van der Waals surface area (Å²) in [6, 6.07) is 14.1. The molecule has 3 rings (SSSR count). The summed E-state index contributed by atoms with van der Waals surface area (Å²) >= 11 is 0. The highest BCUT2D eigenvalue weighted by Crippen LogP contribution is 2.32. The molecule has 142 valence electrons. The summed E-state index contributed by atoms with van der Waals surface area (Å²) in [4.78, 5) is 24.8. The van der Waals surface area contributed by atoms with Gasteiger partial charge in [-0.25, -0.2) is 4.79 Å². The summed E-state index contributed by atoms with van der Waals surface area (Å²) in [5.74, 6) is 0.566. The third-order valence-corrected chi connectivity index (χ3v) is 4.26. The topological polar surface area (TPSA) is 73.9 Å². The van der Waals surface area contributed by atoms with E-state index in [2.05, 4.69) is 5.32 Å². The van der Waals surface area contributed by atoms with Crippen LogP contribution in [0.2, 0.25) is 0 Å². The van der Waals surface area contributed by atoms with Gasteiger partial charge in [-0.1, -0.05) is 50.2 Å². The molecular formula is C21H23NO5. The van der Waals surface area contributed by atoms with Gasteiger partial charge in [0.15, 0.2) is 11.5 Å². The van der Waals surface area contributed by atoms with Crippen LogP contribution in [0.25, 0.3) is 0 Å². The lowest BCUT2D eigenvalue weighted by Gasteiger charge is -2.21. The molecule has 0 aliphatic carbocycles. The number of carbonyl (C=O) groups is 2. The molecule has 1 aliphatic heterocycles. The van der Waals surface area contributed by atoms with Crippen LogP contribution in [0.5, 0.6) is 11.5 Å². The zero-order valence-corrected chi connectivity index (χ0v) is 15.4. The Morgan fingerprint density at radius 2 is 1.78 bits per heavy atom. The normalized spacial score (nSPS) is 13.3. The molecule has 0 saturated carbocycles. The Balaban J connectivity index is 1.55. The Morgan fingerprint density at radius 1 is 1.04 bits per heavy atom. The highest BCUT2D eigenvalue weighted by molar-refractivity contribution is 5.85. The molecule has 1 atom stereocenters. The van der Waals surface area contributed by atoms with Crippen molar-refractivity contribution in [2.24, 2.45) is 5.92 Å². The molecule has 0 spiro atoms. The smallest absolute Gasteiger partial charge is 0.329 e. The minimum Gasteiger partial charge on any atom is -0.459 e. The van der Waals surface area contributed by atoms with Crippen molar-refractivity contribution in [2.45, 2.75) is 32.9 Å². The molecule has 0 bridgehead atoms. The highest BCUT2D eigenvalue weighted by Gasteiger charge is 2.26. The number of benzene rings is 2. The number of carbonyl (C=O) groups excluding carboxylic acids is 2. The first-order valence-corrected chi connectivity index (χ1v) is 8.91. The molecule has 1 amide bonds. The lowest BCUT2D eigenvalue weighted by Crippen LogP contribution is -2.45. The van der Waals surface area contributed by atoms with E-state index in [1.807, 2.05) is 50.2 Å². The van der Waals surface area contributed by atoms with E-state index in [4.69, 9.17) is 14.2 Å². The first-order chi connectivity index (χ1) is 13.0. The van der Waals surface area contributed by atoms with E-state index in [9.17, 15) is 9.59 Å². The number of hydrogen-bond donors (Lipinski definition) is 1. The van der Waals surface area contributed by atoms with E-state index < -0.39 is 12.0 Å². The number of hydrogen-bond acceptors (Lipinski definition) is 5. The van der Waals surface area contributed by atoms with E-state index in [0.29, 0.717) is 11.5 Å². The minimum absolute atomic E-state index is 0.0889. The maximum absolute atomic E-state index is 12.5. The quantitative estimate of drug-likeness (QED) is 0.760. The standard InChI is InChI=1S/C21H23NO5/c1-14(2)20(22-19(23)11-15-6-4-3-5-7-15)21(24)25-12-16-8-9-17-18(10-16)27-13-26-17/h3-10,14,20H,11-13H2,1-2H3,(H,22,23)/t20-/m0/s1. The number of fused-ring (bicyclic) bond motifs is 1. The van der Waals surface area contributed by atoms with E-state index >= 15 is 0 Å². The lowest BCUT2D eigenvalue weighted by molar-refractivity contribution is -0.150. The maximum Gasteiger partial charge on any atom is 0.329 e. The molecule has 0 unspecified atom stereocenters. The first kappa shape index (κ1) is 18.8. The van der Waals surface area contributed by atoms with Crippen LogP contribution >= 0.6 is 0 Å². The maximum atomic E-state index is 12.5. The van der Waals surface area contributed by atoms with Gasteiger partial charge in [-0.3, -0.25) is 4.79 Å². The van der Waals surface area contributed by atoms with Crippen LogP contribution in [-0.2, 0) is 27.4 Å². The fourth-order valence-electron chi connectivity index (χ4n) is 2.78. The van der Waals surface area contributed by atoms with Crippen LogP contribution in [-0.4, -0.2) is 24.7 Å². The van der Waals surface area contributed by atoms with Crippen LogP contribution in [0, 0.1) is 5.92 Å². The van der Waals surface area contributed by atoms with Crippen LogP contribution in [0.4, 0.5) is 0 Å². The lowest BCUT2D eigenvalue weighted by atomic mass is 10.0. The molecule has 6 nitrogen and oxygen atoms in total. The fourth-order valence-corrected chi connectivity index (χ4v) is 2.78. The summed E-state index contributed by atoms with van der Waals surface area (Å²) in [5.41, 5.74) is 1.69. The van der Waals surface area contributed by atoms with Crippen molar-refractivity contribution < 1.29 is 23.8 Å². The summed E-state index contributed by atoms with van der Waals surface area (Å²) in [7, 11) is 0. The van der Waals surface area contributed by atoms with Crippen molar-refractivity contribution in [1.82, 2.24) is 5.32 Å². The summed E-state index contributed by atoms with van der Waals surface area (Å²) in [5, 5.41) is 2.78. The number of rotatable bonds is 7. The summed E-state index contributed by atoms with van der Waals surface area (Å²) in [6.45, 7) is 4.04. The molecule has 2 aromatic rings. The zero-order valence-electron chi connectivity index (χ0n) is 15.4. The molecule has 6 heteroatoms. The second kappa shape index (κ2) is 8.58. The molecule has 1 aliphatic rings. The molecule has 1 N–H and O–H groups in total. The molecule has 0 saturated heterocycles. The molecule has 2 aromatic carbocycles. The Bertz CT molecular complexity index is 803. The number of esters is 1. The number of ether oxygens (including phenoxy) is 3. The van der Waals surface area contributed by atoms with Gasteiger partial charge in [0, 0.05) is 0 Å². The Labute approximate surface area is 158 Å². The molecule has 0 aromatic heterocycles. The average Bonchev–Trinajstić information content (AvgIpc) is 3.12. The van der Waals surface area contributed by atoms with Gasteiger partial charge in [0.05, 0.1) is 6.42 Å². The largest absolute Gasteiger partial charge is 0.459 e. The molecule has 1 heterocycles. The van der Waals surface area contributed by atoms with Gasteiger partial charge < -0.3 is 19.5 Å². The van der Waals surface area contributed by atoms with Crippen molar-refractivity contribution in [3.8, 4) is 11.5 Å². The number of nitrogens with one attached hydrogen (secondary N) is 1. The van der Waals surface area contributed by atoms with Gasteiger partial charge in [0.1, 0.15) is 12.6 Å². The third-order valence-electron chi connectivity index (χ3n) is 4.26. The Hall–Kier alpha value is -3.02. The Morgan fingerprint density at radius 3 is 2.52 bits per heavy atom. The third kappa shape index (κ3) is 5.00. The first-order valence-electron chi connectivity index (χ1n) is 8.91. The predicted octanol–water partition coefficient (Wildman–Crippen LogP) is 2.84. The predicted molar refractivity (Wildman–Crippen MR) is 99.3 cm³/mol. The highest BCUT2D eigenvalue weighted by atomic mass is 16.7. The van der Waals surface area contributed by atoms with E-state index in [-0.39, 0.29) is 31.6 Å². The molecular weight excluding hydrogens is 346 g/mol. The van der Waals surface area contributed by atoms with E-state index in [1.165, 1.54) is 0 Å². The van der Waals surface area contributed by atoms with Crippen LogP contribution < -0.4 is 14.8 Å². The second-order valence-electron chi connectivity index (χ2n) is 6.75. The minimum atomic E-state index is -0.699. The Kier molecular flexibility index (Phi) is 5.96. The van der Waals surface area contributed by atoms with Gasteiger partial charge in [-0.05, 0) is 29.2 Å². The molecule has 0 fully saturated rings. The van der Waals surface area contributed by atoms with Gasteiger partial charge in [-0.15, -0.1) is 0 Å². The molecule has 27 heavy (non-hydrogen) atoms. The van der Waals surface area contributed by atoms with Crippen LogP contribution in [0.3, 0.4) is 0 Å². The van der Waals surface area contributed by atoms with Crippen molar-refractivity contribution in [3.05, 3.63) is 59.7 Å². The average molecular weight is 369 g/mol. The van der Waals surface area contributed by atoms with Crippen molar-refractivity contribution in [2.75, 3.05) is 6.79 Å². The van der Waals surface area contributed by atoms with Gasteiger partial charge in [-0.2, -0.15) is 0 Å². The molecule has 0 radical (unpaired) electrons.